The lowest BCUT2D eigenvalue weighted by atomic mass is 9.53. The molecule has 2 bridgehead atoms. The Labute approximate surface area is 144 Å². The van der Waals surface area contributed by atoms with E-state index < -0.39 is 15.5 Å². The maximum Gasteiger partial charge on any atom is 0.239 e. The van der Waals surface area contributed by atoms with Gasteiger partial charge in [0.25, 0.3) is 0 Å². The molecule has 1 aromatic rings. The van der Waals surface area contributed by atoms with Crippen LogP contribution in [0.1, 0.15) is 17.5 Å². The molecular formula is C17H17Cl2NO3. The standard InChI is InChI=1S/C17H17Cl2NO3/c1-20-7-6-15-10-4-5-16(18,22)17(15,19)23-14-12(21)3-2-9(13(14)15)8-11(10)20/h2-5,10-11,21-22H,6-8H2,1H3/t10-,11+,15-,16-,17+/m0/s1. The average molecular weight is 354 g/mol. The van der Waals surface area contributed by atoms with Crippen LogP contribution in [0.15, 0.2) is 24.3 Å². The van der Waals surface area contributed by atoms with E-state index in [4.69, 9.17) is 27.9 Å². The zero-order chi connectivity index (χ0) is 16.2. The number of aliphatic hydroxyl groups is 1. The Morgan fingerprint density at radius 1 is 1.35 bits per heavy atom. The van der Waals surface area contributed by atoms with Crippen LogP contribution in [0.5, 0.6) is 11.5 Å². The second-order valence-electron chi connectivity index (χ2n) is 7.18. The maximum atomic E-state index is 10.8. The van der Waals surface area contributed by atoms with Gasteiger partial charge >= 0.3 is 0 Å². The zero-order valence-electron chi connectivity index (χ0n) is 12.6. The van der Waals surface area contributed by atoms with Crippen molar-refractivity contribution in [3.8, 4) is 11.5 Å². The Bertz CT molecular complexity index is 764. The highest BCUT2D eigenvalue weighted by Gasteiger charge is 2.76. The third-order valence-corrected chi connectivity index (χ3v) is 7.49. The number of phenols is 1. The summed E-state index contributed by atoms with van der Waals surface area (Å²) in [6.45, 7) is 0.842. The second kappa shape index (κ2) is 3.99. The summed E-state index contributed by atoms with van der Waals surface area (Å²) in [6, 6.07) is 3.85. The minimum absolute atomic E-state index is 0.0520. The Morgan fingerprint density at radius 2 is 2.13 bits per heavy atom. The highest BCUT2D eigenvalue weighted by atomic mass is 35.5. The van der Waals surface area contributed by atoms with Crippen molar-refractivity contribution in [3.63, 3.8) is 0 Å². The first-order valence-electron chi connectivity index (χ1n) is 7.86. The minimum Gasteiger partial charge on any atom is -0.504 e. The molecule has 1 saturated heterocycles. The molecule has 122 valence electrons. The van der Waals surface area contributed by atoms with E-state index in [1.165, 1.54) is 0 Å². The van der Waals surface area contributed by atoms with Gasteiger partial charge in [-0.2, -0.15) is 0 Å². The number of phenolic OH excluding ortho intramolecular Hbond substituents is 1. The number of hydrogen-bond acceptors (Lipinski definition) is 4. The lowest BCUT2D eigenvalue weighted by molar-refractivity contribution is -0.0881. The minimum atomic E-state index is -1.83. The van der Waals surface area contributed by atoms with Gasteiger partial charge in [-0.3, -0.25) is 0 Å². The summed E-state index contributed by atoms with van der Waals surface area (Å²) >= 11 is 13.3. The average Bonchev–Trinajstić information content (AvgIpc) is 2.78. The molecule has 4 aliphatic rings. The molecule has 2 aliphatic carbocycles. The van der Waals surface area contributed by atoms with Gasteiger partial charge in [0.15, 0.2) is 11.5 Å². The third kappa shape index (κ3) is 1.36. The van der Waals surface area contributed by atoms with E-state index >= 15 is 0 Å². The molecule has 6 heteroatoms. The van der Waals surface area contributed by atoms with Gasteiger partial charge < -0.3 is 19.8 Å². The van der Waals surface area contributed by atoms with Gasteiger partial charge in [0.2, 0.25) is 10.1 Å². The van der Waals surface area contributed by atoms with Gasteiger partial charge in [-0.15, -0.1) is 0 Å². The SMILES string of the molecule is CN1CC[C@]23c4c5ccc(O)c4O[C@@]2(Cl)[C@](O)(Cl)C=C[C@H]3[C@H]1C5. The number of piperidine rings is 1. The lowest BCUT2D eigenvalue weighted by Gasteiger charge is -2.60. The van der Waals surface area contributed by atoms with Crippen molar-refractivity contribution >= 4 is 23.2 Å². The molecule has 23 heavy (non-hydrogen) atoms. The second-order valence-corrected chi connectivity index (χ2v) is 8.29. The summed E-state index contributed by atoms with van der Waals surface area (Å²) < 4.78 is 6.01. The molecule has 4 nitrogen and oxygen atoms in total. The molecule has 1 aromatic carbocycles. The fraction of sp³-hybridized carbons (Fsp3) is 0.529. The normalized spacial score (nSPS) is 46.4. The molecule has 0 amide bonds. The van der Waals surface area contributed by atoms with E-state index in [9.17, 15) is 10.2 Å². The van der Waals surface area contributed by atoms with Crippen molar-refractivity contribution in [2.24, 2.45) is 5.92 Å². The van der Waals surface area contributed by atoms with E-state index in [1.807, 2.05) is 12.1 Å². The fourth-order valence-electron chi connectivity index (χ4n) is 5.25. The zero-order valence-corrected chi connectivity index (χ0v) is 14.1. The fourth-order valence-corrected chi connectivity index (χ4v) is 5.98. The number of rotatable bonds is 0. The number of benzene rings is 1. The molecule has 2 aliphatic heterocycles. The predicted molar refractivity (Wildman–Crippen MR) is 87.2 cm³/mol. The van der Waals surface area contributed by atoms with Crippen LogP contribution in [-0.4, -0.2) is 44.9 Å². The molecule has 5 rings (SSSR count). The number of nitrogens with zero attached hydrogens (tertiary/aromatic N) is 1. The number of ether oxygens (including phenoxy) is 1. The number of likely N-dealkylation sites (N-methyl/N-ethyl adjacent to an activating group) is 1. The van der Waals surface area contributed by atoms with Crippen molar-refractivity contribution in [1.82, 2.24) is 4.90 Å². The molecule has 5 atom stereocenters. The molecule has 0 aromatic heterocycles. The summed E-state index contributed by atoms with van der Waals surface area (Å²) in [5.41, 5.74) is 1.43. The summed E-state index contributed by atoms with van der Waals surface area (Å²) in [4.78, 5) is 2.34. The highest BCUT2D eigenvalue weighted by molar-refractivity contribution is 6.35. The van der Waals surface area contributed by atoms with E-state index in [0.717, 1.165) is 30.5 Å². The Balaban J connectivity index is 1.90. The van der Waals surface area contributed by atoms with Gasteiger partial charge in [-0.05, 0) is 44.1 Å². The molecule has 0 radical (unpaired) electrons. The van der Waals surface area contributed by atoms with Crippen molar-refractivity contribution < 1.29 is 14.9 Å². The quantitative estimate of drug-likeness (QED) is 0.555. The van der Waals surface area contributed by atoms with Gasteiger partial charge in [0, 0.05) is 17.5 Å². The number of likely N-dealkylation sites (tertiary alicyclic amines) is 1. The van der Waals surface area contributed by atoms with Crippen molar-refractivity contribution in [3.05, 3.63) is 35.4 Å². The van der Waals surface area contributed by atoms with Crippen molar-refractivity contribution in [1.29, 1.82) is 0 Å². The largest absolute Gasteiger partial charge is 0.504 e. The van der Waals surface area contributed by atoms with Crippen LogP contribution in [0.3, 0.4) is 0 Å². The van der Waals surface area contributed by atoms with Crippen molar-refractivity contribution in [2.45, 2.75) is 34.4 Å². The monoisotopic (exact) mass is 353 g/mol. The molecule has 2 N–H and O–H groups in total. The molecule has 1 fully saturated rings. The molecular weight excluding hydrogens is 337 g/mol. The molecule has 1 spiro atoms. The van der Waals surface area contributed by atoms with Crippen LogP contribution in [0, 0.1) is 5.92 Å². The van der Waals surface area contributed by atoms with Crippen LogP contribution in [0.25, 0.3) is 0 Å². The number of aromatic hydroxyl groups is 1. The summed E-state index contributed by atoms with van der Waals surface area (Å²) in [5.74, 6) is 0.526. The maximum absolute atomic E-state index is 10.8. The number of halogens is 2. The van der Waals surface area contributed by atoms with Gasteiger partial charge in [0.1, 0.15) is 0 Å². The highest BCUT2D eigenvalue weighted by Crippen LogP contribution is 2.70. The first-order chi connectivity index (χ1) is 10.8. The van der Waals surface area contributed by atoms with Gasteiger partial charge in [-0.25, -0.2) is 0 Å². The van der Waals surface area contributed by atoms with Crippen LogP contribution in [-0.2, 0) is 11.8 Å². The Kier molecular flexibility index (Phi) is 2.50. The predicted octanol–water partition coefficient (Wildman–Crippen LogP) is 2.33. The van der Waals surface area contributed by atoms with Crippen LogP contribution in [0.4, 0.5) is 0 Å². The van der Waals surface area contributed by atoms with E-state index in [0.29, 0.717) is 5.75 Å². The first-order valence-corrected chi connectivity index (χ1v) is 8.61. The smallest absolute Gasteiger partial charge is 0.239 e. The summed E-state index contributed by atoms with van der Waals surface area (Å²) in [7, 11) is 2.12. The van der Waals surface area contributed by atoms with Crippen LogP contribution >= 0.6 is 23.2 Å². The van der Waals surface area contributed by atoms with E-state index in [1.54, 1.807) is 12.1 Å². The number of alkyl halides is 2. The van der Waals surface area contributed by atoms with E-state index in [2.05, 4.69) is 11.9 Å². The van der Waals surface area contributed by atoms with Crippen molar-refractivity contribution in [2.75, 3.05) is 13.6 Å². The Morgan fingerprint density at radius 3 is 2.91 bits per heavy atom. The molecule has 2 heterocycles. The molecule has 0 unspecified atom stereocenters. The van der Waals surface area contributed by atoms with Crippen LogP contribution in [0.2, 0.25) is 0 Å². The summed E-state index contributed by atoms with van der Waals surface area (Å²) in [5, 5.41) is 17.8. The topological polar surface area (TPSA) is 52.9 Å². The third-order valence-electron chi connectivity index (χ3n) is 6.30. The van der Waals surface area contributed by atoms with E-state index in [-0.39, 0.29) is 17.7 Å². The Hall–Kier alpha value is -0.940. The van der Waals surface area contributed by atoms with Crippen LogP contribution < -0.4 is 4.74 Å². The summed E-state index contributed by atoms with van der Waals surface area (Å²) in [6.07, 6.45) is 5.12. The van der Waals surface area contributed by atoms with Gasteiger partial charge in [-0.1, -0.05) is 35.3 Å². The first kappa shape index (κ1) is 14.4. The lowest BCUT2D eigenvalue weighted by Crippen LogP contribution is -2.71. The number of hydrogen-bond donors (Lipinski definition) is 2. The molecule has 0 saturated carbocycles. The van der Waals surface area contributed by atoms with Gasteiger partial charge in [0.05, 0.1) is 5.41 Å².